The van der Waals surface area contributed by atoms with E-state index in [2.05, 4.69) is 16.6 Å². The van der Waals surface area contributed by atoms with Crippen LogP contribution in [-0.2, 0) is 0 Å². The van der Waals surface area contributed by atoms with Gasteiger partial charge >= 0.3 is 0 Å². The molecule has 0 fully saturated rings. The Hall–Kier alpha value is -1.57. The van der Waals surface area contributed by atoms with Crippen molar-refractivity contribution in [1.82, 2.24) is 4.98 Å². The molecule has 1 heterocycles. The minimum Gasteiger partial charge on any atom is -0.360 e. The Balaban J connectivity index is 2.94. The molecule has 2 nitrogen and oxygen atoms in total. The van der Waals surface area contributed by atoms with E-state index in [4.69, 9.17) is 0 Å². The van der Waals surface area contributed by atoms with E-state index >= 15 is 0 Å². The second-order valence-corrected chi connectivity index (χ2v) is 3.24. The fourth-order valence-electron chi connectivity index (χ4n) is 1.20. The van der Waals surface area contributed by atoms with Gasteiger partial charge in [-0.2, -0.15) is 0 Å². The Kier molecular flexibility index (Phi) is 3.46. The number of aliphatic imine (C=N–C) groups is 1. The fourth-order valence-corrected chi connectivity index (χ4v) is 1.20. The normalized spacial score (nSPS) is 13.1. The fraction of sp³-hybridized carbons (Fsp3) is 0.250. The lowest BCUT2D eigenvalue weighted by molar-refractivity contribution is 1.25. The van der Waals surface area contributed by atoms with Crippen molar-refractivity contribution in [2.75, 3.05) is 0 Å². The van der Waals surface area contributed by atoms with Crippen LogP contribution < -0.4 is 0 Å². The molecular weight excluding hydrogens is 172 g/mol. The predicted molar refractivity (Wildman–Crippen MR) is 61.6 cm³/mol. The number of hydrogen-bond acceptors (Lipinski definition) is 1. The summed E-state index contributed by atoms with van der Waals surface area (Å²) in [6.45, 7) is 9.79. The van der Waals surface area contributed by atoms with Gasteiger partial charge in [0.15, 0.2) is 0 Å². The van der Waals surface area contributed by atoms with Gasteiger partial charge < -0.3 is 4.98 Å². The van der Waals surface area contributed by atoms with Crippen molar-refractivity contribution in [3.8, 4) is 0 Å². The van der Waals surface area contributed by atoms with Crippen molar-refractivity contribution in [2.45, 2.75) is 20.8 Å². The zero-order chi connectivity index (χ0) is 10.6. The highest BCUT2D eigenvalue weighted by Crippen LogP contribution is 2.10. The van der Waals surface area contributed by atoms with Gasteiger partial charge in [-0.1, -0.05) is 12.7 Å². The second kappa shape index (κ2) is 4.61. The third-order valence-electron chi connectivity index (χ3n) is 1.99. The van der Waals surface area contributed by atoms with Crippen LogP contribution >= 0.6 is 0 Å². The molecular formula is C12H16N2. The lowest BCUT2D eigenvalue weighted by atomic mass is 10.2. The average Bonchev–Trinajstić information content (AvgIpc) is 2.65. The first-order valence-electron chi connectivity index (χ1n) is 4.66. The summed E-state index contributed by atoms with van der Waals surface area (Å²) in [7, 11) is 0. The first-order chi connectivity index (χ1) is 6.65. The topological polar surface area (TPSA) is 28.1 Å². The van der Waals surface area contributed by atoms with E-state index in [-0.39, 0.29) is 0 Å². The molecule has 1 aromatic rings. The summed E-state index contributed by atoms with van der Waals surface area (Å²) in [5, 5.41) is 0. The molecule has 0 unspecified atom stereocenters. The van der Waals surface area contributed by atoms with E-state index < -0.39 is 0 Å². The number of nitrogens with zero attached hydrogens (tertiary/aromatic N) is 1. The molecule has 1 N–H and O–H groups in total. The largest absolute Gasteiger partial charge is 0.360 e. The van der Waals surface area contributed by atoms with E-state index in [1.807, 2.05) is 45.2 Å². The van der Waals surface area contributed by atoms with Crippen molar-refractivity contribution < 1.29 is 0 Å². The number of rotatable bonds is 3. The monoisotopic (exact) mass is 188 g/mol. The molecule has 0 spiro atoms. The van der Waals surface area contributed by atoms with Crippen LogP contribution in [0, 0.1) is 0 Å². The maximum absolute atomic E-state index is 4.48. The Labute approximate surface area is 85.1 Å². The van der Waals surface area contributed by atoms with Crippen LogP contribution in [-0.4, -0.2) is 10.7 Å². The number of nitrogens with one attached hydrogen (secondary N) is 1. The third-order valence-corrected chi connectivity index (χ3v) is 1.99. The summed E-state index contributed by atoms with van der Waals surface area (Å²) in [4.78, 5) is 7.60. The van der Waals surface area contributed by atoms with Gasteiger partial charge in [0.2, 0.25) is 0 Å². The van der Waals surface area contributed by atoms with Crippen LogP contribution in [0.5, 0.6) is 0 Å². The van der Waals surface area contributed by atoms with E-state index in [0.717, 1.165) is 22.7 Å². The van der Waals surface area contributed by atoms with Gasteiger partial charge in [-0.05, 0) is 38.5 Å². The zero-order valence-corrected chi connectivity index (χ0v) is 8.96. The number of aromatic amines is 1. The van der Waals surface area contributed by atoms with Crippen LogP contribution in [0.1, 0.15) is 26.5 Å². The molecule has 0 radical (unpaired) electrons. The number of aromatic nitrogens is 1. The summed E-state index contributed by atoms with van der Waals surface area (Å²) >= 11 is 0. The average molecular weight is 188 g/mol. The first-order valence-corrected chi connectivity index (χ1v) is 4.66. The molecule has 1 aromatic heterocycles. The van der Waals surface area contributed by atoms with Crippen LogP contribution in [0.15, 0.2) is 47.2 Å². The van der Waals surface area contributed by atoms with E-state index in [1.54, 1.807) is 0 Å². The second-order valence-electron chi connectivity index (χ2n) is 3.24. The third kappa shape index (κ3) is 2.46. The van der Waals surface area contributed by atoms with Gasteiger partial charge in [-0.15, -0.1) is 0 Å². The maximum atomic E-state index is 4.48. The molecule has 14 heavy (non-hydrogen) atoms. The predicted octanol–water partition coefficient (Wildman–Crippen LogP) is 3.30. The minimum atomic E-state index is 0.942. The van der Waals surface area contributed by atoms with Gasteiger partial charge in [0.05, 0.1) is 17.1 Å². The minimum absolute atomic E-state index is 0.942. The summed E-state index contributed by atoms with van der Waals surface area (Å²) in [5.41, 5.74) is 3.95. The molecule has 0 aromatic carbocycles. The molecule has 0 atom stereocenters. The van der Waals surface area contributed by atoms with Gasteiger partial charge in [-0.25, -0.2) is 0 Å². The van der Waals surface area contributed by atoms with E-state index in [9.17, 15) is 0 Å². The van der Waals surface area contributed by atoms with Gasteiger partial charge in [0.25, 0.3) is 0 Å². The van der Waals surface area contributed by atoms with Gasteiger partial charge in [0.1, 0.15) is 0 Å². The van der Waals surface area contributed by atoms with E-state index in [1.165, 1.54) is 0 Å². The van der Waals surface area contributed by atoms with Crippen molar-refractivity contribution in [1.29, 1.82) is 0 Å². The Morgan fingerprint density at radius 3 is 2.64 bits per heavy atom. The van der Waals surface area contributed by atoms with Gasteiger partial charge in [-0.3, -0.25) is 4.99 Å². The molecule has 0 amide bonds. The number of allylic oxidation sites excluding steroid dienone is 2. The number of hydrogen-bond donors (Lipinski definition) is 1. The Morgan fingerprint density at radius 2 is 2.21 bits per heavy atom. The van der Waals surface area contributed by atoms with Crippen molar-refractivity contribution >= 4 is 5.71 Å². The highest BCUT2D eigenvalue weighted by atomic mass is 14.8. The lowest BCUT2D eigenvalue weighted by Gasteiger charge is -2.01. The highest BCUT2D eigenvalue weighted by molar-refractivity contribution is 5.97. The molecule has 0 aliphatic heterocycles. The molecule has 0 bridgehead atoms. The van der Waals surface area contributed by atoms with Crippen molar-refractivity contribution in [3.63, 3.8) is 0 Å². The summed E-state index contributed by atoms with van der Waals surface area (Å²) in [5.74, 6) is 0. The summed E-state index contributed by atoms with van der Waals surface area (Å²) < 4.78 is 0. The molecule has 0 aliphatic rings. The number of H-pyrrole nitrogens is 1. The van der Waals surface area contributed by atoms with Crippen molar-refractivity contribution in [3.05, 3.63) is 47.9 Å². The quantitative estimate of drug-likeness (QED) is 0.557. The zero-order valence-electron chi connectivity index (χ0n) is 8.96. The Morgan fingerprint density at radius 1 is 1.50 bits per heavy atom. The van der Waals surface area contributed by atoms with E-state index in [0.29, 0.717) is 0 Å². The molecule has 1 rings (SSSR count). The lowest BCUT2D eigenvalue weighted by Crippen LogP contribution is -1.96. The molecule has 0 saturated carbocycles. The van der Waals surface area contributed by atoms with Crippen LogP contribution in [0.2, 0.25) is 0 Å². The van der Waals surface area contributed by atoms with Crippen LogP contribution in [0.4, 0.5) is 0 Å². The van der Waals surface area contributed by atoms with Crippen LogP contribution in [0.3, 0.4) is 0 Å². The first kappa shape index (κ1) is 10.5. The Bertz CT molecular complexity index is 367. The SMILES string of the molecule is C=C(C)/C(=C/C)N=C(C)c1ccc[nH]1. The van der Waals surface area contributed by atoms with Gasteiger partial charge in [0, 0.05) is 6.20 Å². The molecule has 74 valence electrons. The smallest absolute Gasteiger partial charge is 0.0614 e. The maximum Gasteiger partial charge on any atom is 0.0614 e. The molecule has 2 heteroatoms. The highest BCUT2D eigenvalue weighted by Gasteiger charge is 1.99. The molecule has 0 aliphatic carbocycles. The standard InChI is InChI=1S/C12H16N2/c1-5-11(9(2)3)14-10(4)12-7-6-8-13-12/h5-8,13H,2H2,1,3-4H3/b11-5-,14-10?. The molecule has 0 saturated heterocycles. The summed E-state index contributed by atoms with van der Waals surface area (Å²) in [6, 6.07) is 3.97. The van der Waals surface area contributed by atoms with Crippen molar-refractivity contribution in [2.24, 2.45) is 4.99 Å². The summed E-state index contributed by atoms with van der Waals surface area (Å²) in [6.07, 6.45) is 3.86. The van der Waals surface area contributed by atoms with Crippen LogP contribution in [0.25, 0.3) is 0 Å².